The Morgan fingerprint density at radius 3 is 3.06 bits per heavy atom. The van der Waals surface area contributed by atoms with E-state index in [-0.39, 0.29) is 11.9 Å². The number of aliphatic hydroxyl groups is 1. The van der Waals surface area contributed by atoms with Crippen molar-refractivity contribution in [2.24, 2.45) is 0 Å². The fraction of sp³-hybridized carbons (Fsp3) is 0.455. The fourth-order valence-corrected chi connectivity index (χ4v) is 3.75. The highest BCUT2D eigenvalue weighted by Gasteiger charge is 2.21. The van der Waals surface area contributed by atoms with E-state index in [4.69, 9.17) is 16.7 Å². The van der Waals surface area contributed by atoms with Gasteiger partial charge in [-0.25, -0.2) is 9.97 Å². The van der Waals surface area contributed by atoms with Crippen molar-refractivity contribution in [3.05, 3.63) is 15.7 Å². The number of aryl methyl sites for hydroxylation is 2. The molecule has 0 bridgehead atoms. The predicted molar refractivity (Wildman–Crippen MR) is 70.0 cm³/mol. The van der Waals surface area contributed by atoms with Gasteiger partial charge in [-0.2, -0.15) is 0 Å². The van der Waals surface area contributed by atoms with Crippen LogP contribution >= 0.6 is 22.9 Å². The van der Waals surface area contributed by atoms with Gasteiger partial charge in [-0.15, -0.1) is 11.3 Å². The Labute approximate surface area is 108 Å². The van der Waals surface area contributed by atoms with Crippen LogP contribution in [0.1, 0.15) is 16.9 Å². The van der Waals surface area contributed by atoms with Crippen LogP contribution in [0.15, 0.2) is 0 Å². The normalized spacial score (nSPS) is 14.2. The third-order valence-corrected chi connectivity index (χ3v) is 4.30. The second kappa shape index (κ2) is 4.40. The number of anilines is 1. The summed E-state index contributed by atoms with van der Waals surface area (Å²) in [7, 11) is 0. The van der Waals surface area contributed by atoms with Crippen LogP contribution in [-0.2, 0) is 12.8 Å². The maximum absolute atomic E-state index is 8.88. The lowest BCUT2D eigenvalue weighted by Crippen LogP contribution is -2.08. The highest BCUT2D eigenvalue weighted by atomic mass is 35.5. The van der Waals surface area contributed by atoms with Crippen LogP contribution in [0.3, 0.4) is 0 Å². The minimum atomic E-state index is 0.0788. The van der Waals surface area contributed by atoms with Crippen molar-refractivity contribution < 1.29 is 5.11 Å². The van der Waals surface area contributed by atoms with Crippen LogP contribution in [0, 0.1) is 0 Å². The van der Waals surface area contributed by atoms with Gasteiger partial charge in [0.05, 0.1) is 12.0 Å². The Morgan fingerprint density at radius 1 is 1.35 bits per heavy atom. The van der Waals surface area contributed by atoms with E-state index in [2.05, 4.69) is 15.3 Å². The Kier molecular flexibility index (Phi) is 2.90. The number of aliphatic hydroxyl groups excluding tert-OH is 1. The summed E-state index contributed by atoms with van der Waals surface area (Å²) in [5.74, 6) is 0.758. The van der Waals surface area contributed by atoms with Gasteiger partial charge in [0.1, 0.15) is 10.6 Å². The average molecular weight is 270 g/mol. The van der Waals surface area contributed by atoms with Crippen molar-refractivity contribution >= 4 is 39.0 Å². The molecule has 0 unspecified atom stereocenters. The minimum Gasteiger partial charge on any atom is -0.395 e. The second-order valence-corrected chi connectivity index (χ2v) is 5.45. The first-order valence-electron chi connectivity index (χ1n) is 5.62. The third-order valence-electron chi connectivity index (χ3n) is 2.94. The van der Waals surface area contributed by atoms with Gasteiger partial charge in [-0.05, 0) is 36.4 Å². The van der Waals surface area contributed by atoms with Crippen LogP contribution in [0.2, 0.25) is 5.28 Å². The van der Waals surface area contributed by atoms with Crippen molar-refractivity contribution in [2.45, 2.75) is 19.3 Å². The lowest BCUT2D eigenvalue weighted by molar-refractivity contribution is 0.311. The quantitative estimate of drug-likeness (QED) is 0.839. The molecule has 2 aromatic rings. The van der Waals surface area contributed by atoms with E-state index in [1.165, 1.54) is 16.9 Å². The summed E-state index contributed by atoms with van der Waals surface area (Å²) in [6.45, 7) is 0.558. The molecule has 1 aliphatic rings. The lowest BCUT2D eigenvalue weighted by Gasteiger charge is -2.06. The van der Waals surface area contributed by atoms with Crippen LogP contribution in [0.5, 0.6) is 0 Å². The standard InChI is InChI=1S/C11H12ClN3OS/c12-11-14-9(13-4-5-16)8-6-2-1-3-7(6)17-10(8)15-11/h16H,1-5H2,(H,13,14,15). The van der Waals surface area contributed by atoms with Gasteiger partial charge < -0.3 is 10.4 Å². The number of thiophene rings is 1. The molecule has 90 valence electrons. The average Bonchev–Trinajstić information content (AvgIpc) is 2.84. The number of nitrogens with zero attached hydrogens (tertiary/aromatic N) is 2. The number of hydrogen-bond acceptors (Lipinski definition) is 5. The lowest BCUT2D eigenvalue weighted by atomic mass is 10.2. The summed E-state index contributed by atoms with van der Waals surface area (Å²) in [6.07, 6.45) is 3.43. The SMILES string of the molecule is OCCNc1nc(Cl)nc2sc3c(c12)CCC3. The molecule has 0 aromatic carbocycles. The molecule has 6 heteroatoms. The molecule has 1 aliphatic carbocycles. The molecule has 17 heavy (non-hydrogen) atoms. The van der Waals surface area contributed by atoms with E-state index >= 15 is 0 Å². The maximum atomic E-state index is 8.88. The van der Waals surface area contributed by atoms with Gasteiger partial charge in [-0.1, -0.05) is 0 Å². The Morgan fingerprint density at radius 2 is 2.24 bits per heavy atom. The summed E-state index contributed by atoms with van der Waals surface area (Å²) < 4.78 is 0. The van der Waals surface area contributed by atoms with Crippen molar-refractivity contribution in [3.8, 4) is 0 Å². The van der Waals surface area contributed by atoms with E-state index in [1.54, 1.807) is 11.3 Å². The highest BCUT2D eigenvalue weighted by molar-refractivity contribution is 7.19. The number of hydrogen-bond donors (Lipinski definition) is 2. The predicted octanol–water partition coefficient (Wildman–Crippen LogP) is 2.24. The summed E-state index contributed by atoms with van der Waals surface area (Å²) in [5, 5.41) is 13.4. The van der Waals surface area contributed by atoms with E-state index in [0.29, 0.717) is 6.54 Å². The van der Waals surface area contributed by atoms with Crippen LogP contribution < -0.4 is 5.32 Å². The van der Waals surface area contributed by atoms with Crippen LogP contribution in [-0.4, -0.2) is 28.2 Å². The fourth-order valence-electron chi connectivity index (χ4n) is 2.27. The summed E-state index contributed by atoms with van der Waals surface area (Å²) in [4.78, 5) is 10.9. The molecule has 0 fully saturated rings. The summed E-state index contributed by atoms with van der Waals surface area (Å²) in [6, 6.07) is 0. The van der Waals surface area contributed by atoms with Gasteiger partial charge in [-0.3, -0.25) is 0 Å². The molecule has 4 nitrogen and oxygen atoms in total. The largest absolute Gasteiger partial charge is 0.395 e. The molecular formula is C11H12ClN3OS. The second-order valence-electron chi connectivity index (χ2n) is 4.03. The van der Waals surface area contributed by atoms with E-state index in [9.17, 15) is 0 Å². The Bertz CT molecular complexity index is 569. The van der Waals surface area contributed by atoms with Gasteiger partial charge in [0.15, 0.2) is 0 Å². The maximum Gasteiger partial charge on any atom is 0.225 e. The minimum absolute atomic E-state index is 0.0788. The molecule has 2 heterocycles. The Hall–Kier alpha value is -0.910. The topological polar surface area (TPSA) is 58.0 Å². The summed E-state index contributed by atoms with van der Waals surface area (Å²) >= 11 is 7.62. The highest BCUT2D eigenvalue weighted by Crippen LogP contribution is 2.39. The van der Waals surface area contributed by atoms with Crippen molar-refractivity contribution in [2.75, 3.05) is 18.5 Å². The zero-order valence-corrected chi connectivity index (χ0v) is 10.7. The number of aromatic nitrogens is 2. The first-order chi connectivity index (χ1) is 8.29. The van der Waals surface area contributed by atoms with Gasteiger partial charge in [0.25, 0.3) is 0 Å². The van der Waals surface area contributed by atoms with Gasteiger partial charge in [0.2, 0.25) is 5.28 Å². The van der Waals surface area contributed by atoms with Crippen molar-refractivity contribution in [1.82, 2.24) is 9.97 Å². The Balaban J connectivity index is 2.17. The molecule has 0 saturated heterocycles. The van der Waals surface area contributed by atoms with Gasteiger partial charge in [0, 0.05) is 11.4 Å². The van der Waals surface area contributed by atoms with Gasteiger partial charge >= 0.3 is 0 Å². The molecule has 0 atom stereocenters. The zero-order valence-electron chi connectivity index (χ0n) is 9.16. The molecule has 0 saturated carbocycles. The van der Waals surface area contributed by atoms with Crippen molar-refractivity contribution in [3.63, 3.8) is 0 Å². The molecule has 0 spiro atoms. The first kappa shape index (κ1) is 11.2. The van der Waals surface area contributed by atoms with E-state index < -0.39 is 0 Å². The van der Waals surface area contributed by atoms with Crippen LogP contribution in [0.25, 0.3) is 10.2 Å². The molecule has 0 aliphatic heterocycles. The third kappa shape index (κ3) is 1.88. The number of nitrogens with one attached hydrogen (secondary N) is 1. The molecule has 3 rings (SSSR count). The van der Waals surface area contributed by atoms with Crippen molar-refractivity contribution in [1.29, 1.82) is 0 Å². The molecule has 0 amide bonds. The smallest absolute Gasteiger partial charge is 0.225 e. The molecule has 2 aromatic heterocycles. The monoisotopic (exact) mass is 269 g/mol. The number of halogens is 1. The number of rotatable bonds is 3. The first-order valence-corrected chi connectivity index (χ1v) is 6.81. The molecular weight excluding hydrogens is 258 g/mol. The van der Waals surface area contributed by atoms with E-state index in [1.807, 2.05) is 0 Å². The number of fused-ring (bicyclic) bond motifs is 3. The molecule has 2 N–H and O–H groups in total. The zero-order chi connectivity index (χ0) is 11.8. The molecule has 0 radical (unpaired) electrons. The van der Waals surface area contributed by atoms with E-state index in [0.717, 1.165) is 28.9 Å². The summed E-state index contributed by atoms with van der Waals surface area (Å²) in [5.41, 5.74) is 1.36. The van der Waals surface area contributed by atoms with Crippen LogP contribution in [0.4, 0.5) is 5.82 Å².